The van der Waals surface area contributed by atoms with E-state index in [2.05, 4.69) is 0 Å². The summed E-state index contributed by atoms with van der Waals surface area (Å²) in [5.41, 5.74) is 2.44. The van der Waals surface area contributed by atoms with E-state index in [0.717, 1.165) is 23.1 Å². The normalized spacial score (nSPS) is 16.8. The molecule has 0 aliphatic carbocycles. The highest BCUT2D eigenvalue weighted by Gasteiger charge is 2.24. The third kappa shape index (κ3) is 4.72. The Labute approximate surface area is 142 Å². The number of benzene rings is 1. The van der Waals surface area contributed by atoms with Crippen molar-refractivity contribution >= 4 is 23.3 Å². The minimum atomic E-state index is -0.589. The second-order valence-corrected chi connectivity index (χ2v) is 7.25. The summed E-state index contributed by atoms with van der Waals surface area (Å²) >= 11 is 6.03. The Morgan fingerprint density at radius 1 is 1.39 bits per heavy atom. The zero-order chi connectivity index (χ0) is 17.2. The minimum absolute atomic E-state index is 0.292. The molecule has 0 saturated carbocycles. The fourth-order valence-electron chi connectivity index (χ4n) is 2.58. The van der Waals surface area contributed by atoms with Crippen LogP contribution in [0, 0.1) is 0 Å². The second kappa shape index (κ2) is 6.93. The molecule has 0 spiro atoms. The third-order valence-corrected chi connectivity index (χ3v) is 3.91. The molecule has 1 aromatic carbocycles. The molecule has 1 aromatic rings. The molecule has 1 N–H and O–H groups in total. The van der Waals surface area contributed by atoms with E-state index in [9.17, 15) is 9.90 Å². The predicted molar refractivity (Wildman–Crippen MR) is 92.5 cm³/mol. The van der Waals surface area contributed by atoms with Gasteiger partial charge in [0.1, 0.15) is 5.60 Å². The number of aliphatic hydroxyl groups excluding tert-OH is 1. The molecular formula is C18H24ClNO3. The molecule has 0 saturated heterocycles. The van der Waals surface area contributed by atoms with Crippen LogP contribution in [0.3, 0.4) is 0 Å². The van der Waals surface area contributed by atoms with Crippen molar-refractivity contribution in [3.63, 3.8) is 0 Å². The Morgan fingerprint density at radius 2 is 2.09 bits per heavy atom. The quantitative estimate of drug-likeness (QED) is 0.869. The molecular weight excluding hydrogens is 314 g/mol. The summed E-state index contributed by atoms with van der Waals surface area (Å²) in [6.07, 6.45) is 1.86. The molecule has 5 heteroatoms. The highest BCUT2D eigenvalue weighted by Crippen LogP contribution is 2.31. The van der Waals surface area contributed by atoms with Crippen molar-refractivity contribution in [2.45, 2.75) is 45.8 Å². The first kappa shape index (κ1) is 17.8. The topological polar surface area (TPSA) is 49.8 Å². The van der Waals surface area contributed by atoms with Gasteiger partial charge in [-0.25, -0.2) is 4.79 Å². The zero-order valence-electron chi connectivity index (χ0n) is 14.1. The molecule has 1 aliphatic rings. The Bertz CT molecular complexity index is 617. The lowest BCUT2D eigenvalue weighted by molar-refractivity contribution is 0.0270. The third-order valence-electron chi connectivity index (χ3n) is 3.67. The molecule has 2 rings (SSSR count). The molecule has 4 nitrogen and oxygen atoms in total. The van der Waals surface area contributed by atoms with Crippen molar-refractivity contribution in [3.05, 3.63) is 40.4 Å². The van der Waals surface area contributed by atoms with Crippen molar-refractivity contribution in [1.29, 1.82) is 0 Å². The van der Waals surface area contributed by atoms with Crippen molar-refractivity contribution in [1.82, 2.24) is 4.90 Å². The number of hydrogen-bond acceptors (Lipinski definition) is 3. The van der Waals surface area contributed by atoms with E-state index in [1.54, 1.807) is 17.9 Å². The van der Waals surface area contributed by atoms with E-state index >= 15 is 0 Å². The van der Waals surface area contributed by atoms with Gasteiger partial charge >= 0.3 is 6.09 Å². The number of hydrogen-bond donors (Lipinski definition) is 1. The smallest absolute Gasteiger partial charge is 0.410 e. The first-order valence-corrected chi connectivity index (χ1v) is 8.20. The average molecular weight is 338 g/mol. The number of halogens is 1. The number of rotatable bonds is 2. The standard InChI is InChI=1S/C18H24ClNO3/c1-12(21)16-11-14(19)5-6-15(16)13-7-9-20(10-8-13)17(22)23-18(2,3)4/h5-7,11-12,21H,8-10H2,1-4H3/t12-/m1/s1. The molecule has 1 amide bonds. The van der Waals surface area contributed by atoms with E-state index < -0.39 is 11.7 Å². The van der Waals surface area contributed by atoms with Crippen LogP contribution in [0.4, 0.5) is 4.79 Å². The Morgan fingerprint density at radius 3 is 2.61 bits per heavy atom. The lowest BCUT2D eigenvalue weighted by atomic mass is 9.93. The van der Waals surface area contributed by atoms with Gasteiger partial charge in [-0.15, -0.1) is 0 Å². The molecule has 0 bridgehead atoms. The minimum Gasteiger partial charge on any atom is -0.444 e. The maximum atomic E-state index is 12.1. The van der Waals surface area contributed by atoms with Gasteiger partial charge in [-0.05, 0) is 62.9 Å². The average Bonchev–Trinajstić information content (AvgIpc) is 2.45. The number of nitrogens with zero attached hydrogens (tertiary/aromatic N) is 1. The van der Waals surface area contributed by atoms with E-state index in [1.165, 1.54) is 0 Å². The zero-order valence-corrected chi connectivity index (χ0v) is 14.9. The van der Waals surface area contributed by atoms with Crippen LogP contribution in [-0.2, 0) is 4.74 Å². The summed E-state index contributed by atoms with van der Waals surface area (Å²) in [5, 5.41) is 10.6. The lowest BCUT2D eigenvalue weighted by Gasteiger charge is -2.30. The van der Waals surface area contributed by atoms with Crippen LogP contribution in [-0.4, -0.2) is 34.8 Å². The van der Waals surface area contributed by atoms with Crippen molar-refractivity contribution in [3.8, 4) is 0 Å². The van der Waals surface area contributed by atoms with Gasteiger partial charge in [0, 0.05) is 18.1 Å². The van der Waals surface area contributed by atoms with Gasteiger partial charge in [-0.3, -0.25) is 0 Å². The molecule has 0 radical (unpaired) electrons. The van der Waals surface area contributed by atoms with Crippen LogP contribution in [0.25, 0.3) is 5.57 Å². The SMILES string of the molecule is C[C@@H](O)c1cc(Cl)ccc1C1=CCN(C(=O)OC(C)(C)C)CC1. The van der Waals surface area contributed by atoms with Crippen LogP contribution in [0.15, 0.2) is 24.3 Å². The van der Waals surface area contributed by atoms with E-state index in [1.807, 2.05) is 39.0 Å². The Kier molecular flexibility index (Phi) is 5.37. The Balaban J connectivity index is 2.15. The molecule has 23 heavy (non-hydrogen) atoms. The first-order valence-electron chi connectivity index (χ1n) is 7.82. The van der Waals surface area contributed by atoms with Gasteiger partial charge in [-0.1, -0.05) is 23.7 Å². The van der Waals surface area contributed by atoms with Gasteiger partial charge in [-0.2, -0.15) is 0 Å². The molecule has 1 atom stereocenters. The fraction of sp³-hybridized carbons (Fsp3) is 0.500. The number of amides is 1. The molecule has 126 valence electrons. The number of aliphatic hydroxyl groups is 1. The summed E-state index contributed by atoms with van der Waals surface area (Å²) < 4.78 is 5.40. The fourth-order valence-corrected chi connectivity index (χ4v) is 2.76. The molecule has 0 fully saturated rings. The van der Waals surface area contributed by atoms with Crippen LogP contribution in [0.5, 0.6) is 0 Å². The summed E-state index contributed by atoms with van der Waals surface area (Å²) in [4.78, 5) is 13.8. The summed E-state index contributed by atoms with van der Waals surface area (Å²) in [6, 6.07) is 5.55. The molecule has 1 aliphatic heterocycles. The molecule has 0 unspecified atom stereocenters. The van der Waals surface area contributed by atoms with Crippen LogP contribution < -0.4 is 0 Å². The van der Waals surface area contributed by atoms with E-state index in [4.69, 9.17) is 16.3 Å². The monoisotopic (exact) mass is 337 g/mol. The van der Waals surface area contributed by atoms with Gasteiger partial charge in [0.05, 0.1) is 6.10 Å². The maximum Gasteiger partial charge on any atom is 0.410 e. The highest BCUT2D eigenvalue weighted by atomic mass is 35.5. The van der Waals surface area contributed by atoms with Gasteiger partial charge in [0.15, 0.2) is 0 Å². The van der Waals surface area contributed by atoms with E-state index in [-0.39, 0.29) is 6.09 Å². The summed E-state index contributed by atoms with van der Waals surface area (Å²) in [6.45, 7) is 8.41. The number of carbonyl (C=O) groups excluding carboxylic acids is 1. The Hall–Kier alpha value is -1.52. The van der Waals surface area contributed by atoms with Gasteiger partial charge in [0.2, 0.25) is 0 Å². The summed E-state index contributed by atoms with van der Waals surface area (Å²) in [7, 11) is 0. The number of carbonyl (C=O) groups is 1. The van der Waals surface area contributed by atoms with Crippen molar-refractivity contribution in [2.24, 2.45) is 0 Å². The highest BCUT2D eigenvalue weighted by molar-refractivity contribution is 6.30. The predicted octanol–water partition coefficient (Wildman–Crippen LogP) is 4.42. The largest absolute Gasteiger partial charge is 0.444 e. The second-order valence-electron chi connectivity index (χ2n) is 6.81. The lowest BCUT2D eigenvalue weighted by Crippen LogP contribution is -2.39. The maximum absolute atomic E-state index is 12.1. The summed E-state index contributed by atoms with van der Waals surface area (Å²) in [5.74, 6) is 0. The van der Waals surface area contributed by atoms with Crippen LogP contribution >= 0.6 is 11.6 Å². The molecule has 0 aromatic heterocycles. The van der Waals surface area contributed by atoms with Crippen LogP contribution in [0.2, 0.25) is 5.02 Å². The first-order chi connectivity index (χ1) is 10.7. The van der Waals surface area contributed by atoms with Gasteiger partial charge in [0.25, 0.3) is 0 Å². The van der Waals surface area contributed by atoms with Crippen molar-refractivity contribution < 1.29 is 14.6 Å². The number of ether oxygens (including phenoxy) is 1. The van der Waals surface area contributed by atoms with Crippen LogP contribution in [0.1, 0.15) is 51.3 Å². The molecule has 1 heterocycles. The van der Waals surface area contributed by atoms with Crippen molar-refractivity contribution in [2.75, 3.05) is 13.1 Å². The van der Waals surface area contributed by atoms with E-state index in [0.29, 0.717) is 18.1 Å². The van der Waals surface area contributed by atoms with Gasteiger partial charge < -0.3 is 14.7 Å².